The predicted octanol–water partition coefficient (Wildman–Crippen LogP) is 2.76. The molecule has 0 saturated carbocycles. The molecule has 0 atom stereocenters. The molecule has 1 heterocycles. The molecule has 0 bridgehead atoms. The van der Waals surface area contributed by atoms with E-state index in [1.807, 2.05) is 24.3 Å². The molecule has 0 saturated heterocycles. The van der Waals surface area contributed by atoms with Gasteiger partial charge >= 0.3 is 0 Å². The first-order valence-corrected chi connectivity index (χ1v) is 7.38. The smallest absolute Gasteiger partial charge is 0.156 e. The molecule has 22 heavy (non-hydrogen) atoms. The standard InChI is InChI=1S/C17H24N4O/c1-20(2)10-7-11-21(14-8-5-4-6-9-14)17-16(18)12-15(22-3)13-19-17/h4-6,8-9,12-13H,7,10-11,18H2,1-3H3. The lowest BCUT2D eigenvalue weighted by Crippen LogP contribution is -2.24. The van der Waals surface area contributed by atoms with Crippen molar-refractivity contribution in [2.75, 3.05) is 44.9 Å². The summed E-state index contributed by atoms with van der Waals surface area (Å²) in [6, 6.07) is 12.0. The molecule has 2 N–H and O–H groups in total. The number of para-hydroxylation sites is 1. The van der Waals surface area contributed by atoms with Crippen molar-refractivity contribution < 1.29 is 4.74 Å². The fourth-order valence-electron chi connectivity index (χ4n) is 2.30. The minimum atomic E-state index is 0.619. The van der Waals surface area contributed by atoms with Gasteiger partial charge in [-0.05, 0) is 39.2 Å². The van der Waals surface area contributed by atoms with E-state index < -0.39 is 0 Å². The lowest BCUT2D eigenvalue weighted by Gasteiger charge is -2.26. The van der Waals surface area contributed by atoms with Crippen LogP contribution in [0.2, 0.25) is 0 Å². The van der Waals surface area contributed by atoms with Gasteiger partial charge in [-0.1, -0.05) is 18.2 Å². The van der Waals surface area contributed by atoms with Gasteiger partial charge in [-0.2, -0.15) is 0 Å². The first-order valence-electron chi connectivity index (χ1n) is 7.38. The number of anilines is 3. The highest BCUT2D eigenvalue weighted by Crippen LogP contribution is 2.30. The minimum Gasteiger partial charge on any atom is -0.495 e. The van der Waals surface area contributed by atoms with Gasteiger partial charge in [0, 0.05) is 18.3 Å². The second kappa shape index (κ2) is 7.66. The summed E-state index contributed by atoms with van der Waals surface area (Å²) in [5.74, 6) is 1.44. The Kier molecular flexibility index (Phi) is 5.61. The van der Waals surface area contributed by atoms with Gasteiger partial charge in [0.05, 0.1) is 19.0 Å². The zero-order chi connectivity index (χ0) is 15.9. The van der Waals surface area contributed by atoms with Crippen molar-refractivity contribution in [2.45, 2.75) is 6.42 Å². The topological polar surface area (TPSA) is 54.6 Å². The van der Waals surface area contributed by atoms with Gasteiger partial charge in [0.25, 0.3) is 0 Å². The summed E-state index contributed by atoms with van der Waals surface area (Å²) < 4.78 is 5.18. The molecular formula is C17H24N4O. The molecular weight excluding hydrogens is 276 g/mol. The molecule has 5 nitrogen and oxygen atoms in total. The molecule has 118 valence electrons. The number of nitrogens with zero attached hydrogens (tertiary/aromatic N) is 3. The van der Waals surface area contributed by atoms with Gasteiger partial charge in [0.15, 0.2) is 5.82 Å². The van der Waals surface area contributed by atoms with Gasteiger partial charge in [0.1, 0.15) is 5.75 Å². The second-order valence-electron chi connectivity index (χ2n) is 5.43. The Balaban J connectivity index is 2.27. The van der Waals surface area contributed by atoms with Crippen LogP contribution in [0, 0.1) is 0 Å². The number of nitrogens with two attached hydrogens (primary N) is 1. The number of hydrogen-bond acceptors (Lipinski definition) is 5. The number of hydrogen-bond donors (Lipinski definition) is 1. The number of benzene rings is 1. The quantitative estimate of drug-likeness (QED) is 0.852. The van der Waals surface area contributed by atoms with Crippen LogP contribution in [0.3, 0.4) is 0 Å². The van der Waals surface area contributed by atoms with E-state index in [4.69, 9.17) is 10.5 Å². The highest BCUT2D eigenvalue weighted by molar-refractivity contribution is 5.72. The Morgan fingerprint density at radius 3 is 2.45 bits per heavy atom. The number of nitrogen functional groups attached to an aromatic ring is 1. The third kappa shape index (κ3) is 4.11. The van der Waals surface area contributed by atoms with Crippen LogP contribution in [-0.2, 0) is 0 Å². The zero-order valence-electron chi connectivity index (χ0n) is 13.5. The summed E-state index contributed by atoms with van der Waals surface area (Å²) in [5.41, 5.74) is 7.88. The maximum atomic E-state index is 6.17. The number of ether oxygens (including phenoxy) is 1. The maximum Gasteiger partial charge on any atom is 0.156 e. The van der Waals surface area contributed by atoms with E-state index in [0.717, 1.165) is 31.0 Å². The Morgan fingerprint density at radius 1 is 1.14 bits per heavy atom. The molecule has 0 amide bonds. The van der Waals surface area contributed by atoms with Crippen molar-refractivity contribution >= 4 is 17.2 Å². The van der Waals surface area contributed by atoms with Crippen molar-refractivity contribution in [3.63, 3.8) is 0 Å². The third-order valence-corrected chi connectivity index (χ3v) is 3.42. The molecule has 0 aliphatic carbocycles. The highest BCUT2D eigenvalue weighted by atomic mass is 16.5. The van der Waals surface area contributed by atoms with E-state index >= 15 is 0 Å². The average Bonchev–Trinajstić information content (AvgIpc) is 2.52. The number of pyridine rings is 1. The van der Waals surface area contributed by atoms with Crippen LogP contribution >= 0.6 is 0 Å². The summed E-state index contributed by atoms with van der Waals surface area (Å²) in [5, 5.41) is 0. The maximum absolute atomic E-state index is 6.17. The van der Waals surface area contributed by atoms with E-state index in [9.17, 15) is 0 Å². The molecule has 1 aromatic heterocycles. The summed E-state index contributed by atoms with van der Waals surface area (Å²) in [7, 11) is 5.77. The van der Waals surface area contributed by atoms with E-state index in [0.29, 0.717) is 11.4 Å². The summed E-state index contributed by atoms with van der Waals surface area (Å²) in [6.07, 6.45) is 2.72. The van der Waals surface area contributed by atoms with Crippen LogP contribution in [0.25, 0.3) is 0 Å². The third-order valence-electron chi connectivity index (χ3n) is 3.42. The Bertz CT molecular complexity index is 586. The molecule has 0 radical (unpaired) electrons. The lowest BCUT2D eigenvalue weighted by molar-refractivity contribution is 0.402. The summed E-state index contributed by atoms with van der Waals surface area (Å²) in [4.78, 5) is 8.81. The van der Waals surface area contributed by atoms with Gasteiger partial charge in [-0.15, -0.1) is 0 Å². The van der Waals surface area contributed by atoms with Crippen molar-refractivity contribution in [3.8, 4) is 5.75 Å². The summed E-state index contributed by atoms with van der Waals surface area (Å²) in [6.45, 7) is 1.87. The predicted molar refractivity (Wildman–Crippen MR) is 91.8 cm³/mol. The van der Waals surface area contributed by atoms with Crippen LogP contribution in [-0.4, -0.2) is 44.2 Å². The van der Waals surface area contributed by atoms with Crippen molar-refractivity contribution in [1.29, 1.82) is 0 Å². The van der Waals surface area contributed by atoms with E-state index in [2.05, 4.69) is 41.0 Å². The van der Waals surface area contributed by atoms with Crippen LogP contribution < -0.4 is 15.4 Å². The fraction of sp³-hybridized carbons (Fsp3) is 0.353. The number of methoxy groups -OCH3 is 1. The molecule has 1 aromatic carbocycles. The number of aromatic nitrogens is 1. The van der Waals surface area contributed by atoms with Crippen LogP contribution in [0.1, 0.15) is 6.42 Å². The van der Waals surface area contributed by atoms with Crippen LogP contribution in [0.4, 0.5) is 17.2 Å². The molecule has 0 aliphatic rings. The molecule has 2 rings (SSSR count). The van der Waals surface area contributed by atoms with Gasteiger partial charge in [-0.3, -0.25) is 0 Å². The monoisotopic (exact) mass is 300 g/mol. The number of rotatable bonds is 7. The van der Waals surface area contributed by atoms with E-state index in [1.54, 1.807) is 13.3 Å². The molecule has 0 aliphatic heterocycles. The van der Waals surface area contributed by atoms with Gasteiger partial charge < -0.3 is 20.3 Å². The second-order valence-corrected chi connectivity index (χ2v) is 5.43. The van der Waals surface area contributed by atoms with Gasteiger partial charge in [0.2, 0.25) is 0 Å². The average molecular weight is 300 g/mol. The van der Waals surface area contributed by atoms with E-state index in [1.165, 1.54) is 0 Å². The Labute approximate surface area is 132 Å². The Morgan fingerprint density at radius 2 is 1.86 bits per heavy atom. The Hall–Kier alpha value is -2.27. The van der Waals surface area contributed by atoms with Crippen molar-refractivity contribution in [2.24, 2.45) is 0 Å². The van der Waals surface area contributed by atoms with Crippen LogP contribution in [0.5, 0.6) is 5.75 Å². The first-order chi connectivity index (χ1) is 10.6. The minimum absolute atomic E-state index is 0.619. The lowest BCUT2D eigenvalue weighted by atomic mass is 10.2. The normalized spacial score (nSPS) is 10.7. The van der Waals surface area contributed by atoms with Crippen molar-refractivity contribution in [3.05, 3.63) is 42.6 Å². The van der Waals surface area contributed by atoms with Crippen LogP contribution in [0.15, 0.2) is 42.6 Å². The molecule has 0 fully saturated rings. The van der Waals surface area contributed by atoms with E-state index in [-0.39, 0.29) is 0 Å². The highest BCUT2D eigenvalue weighted by Gasteiger charge is 2.14. The largest absolute Gasteiger partial charge is 0.495 e. The molecule has 0 spiro atoms. The SMILES string of the molecule is COc1cnc(N(CCCN(C)C)c2ccccc2)c(N)c1. The molecule has 5 heteroatoms. The first kappa shape index (κ1) is 16.1. The fourth-order valence-corrected chi connectivity index (χ4v) is 2.30. The van der Waals surface area contributed by atoms with Crippen molar-refractivity contribution in [1.82, 2.24) is 9.88 Å². The molecule has 0 unspecified atom stereocenters. The molecule has 2 aromatic rings. The summed E-state index contributed by atoms with van der Waals surface area (Å²) >= 11 is 0. The zero-order valence-corrected chi connectivity index (χ0v) is 13.5. The van der Waals surface area contributed by atoms with Gasteiger partial charge in [-0.25, -0.2) is 4.98 Å².